The molecule has 0 aromatic heterocycles. The molecule has 0 heterocycles. The van der Waals surface area contributed by atoms with Crippen molar-refractivity contribution in [3.05, 3.63) is 34.9 Å². The summed E-state index contributed by atoms with van der Waals surface area (Å²) < 4.78 is 40.1. The fraction of sp³-hybridized carbons (Fsp3) is 0.538. The van der Waals surface area contributed by atoms with Gasteiger partial charge < -0.3 is 4.74 Å². The van der Waals surface area contributed by atoms with Gasteiger partial charge in [-0.05, 0) is 36.5 Å². The summed E-state index contributed by atoms with van der Waals surface area (Å²) in [7, 11) is 0. The molecule has 0 amide bonds. The average Bonchev–Trinajstić information content (AvgIpc) is 2.34. The molecule has 1 aromatic rings. The lowest BCUT2D eigenvalue weighted by Crippen LogP contribution is -2.17. The molecule has 0 bridgehead atoms. The highest BCUT2D eigenvalue weighted by molar-refractivity contribution is 6.30. The van der Waals surface area contributed by atoms with Gasteiger partial charge in [0.05, 0.1) is 0 Å². The summed E-state index contributed by atoms with van der Waals surface area (Å²) in [6.07, 6.45) is -3.04. The van der Waals surface area contributed by atoms with Gasteiger partial charge in [0.1, 0.15) is 6.61 Å². The van der Waals surface area contributed by atoms with Crippen LogP contribution in [0.1, 0.15) is 24.3 Å². The number of alkyl halides is 4. The van der Waals surface area contributed by atoms with Crippen LogP contribution in [0.15, 0.2) is 24.3 Å². The smallest absolute Gasteiger partial charge is 0.372 e. The van der Waals surface area contributed by atoms with E-state index in [1.807, 2.05) is 12.1 Å². The predicted octanol–water partition coefficient (Wildman–Crippen LogP) is 5.02. The van der Waals surface area contributed by atoms with Crippen LogP contribution in [0.3, 0.4) is 0 Å². The Morgan fingerprint density at radius 3 is 2.32 bits per heavy atom. The number of hydrogen-bond acceptors (Lipinski definition) is 1. The Labute approximate surface area is 120 Å². The second kappa shape index (κ2) is 7.98. The molecule has 19 heavy (non-hydrogen) atoms. The van der Waals surface area contributed by atoms with E-state index in [1.165, 1.54) is 0 Å². The number of ether oxygens (including phenoxy) is 1. The van der Waals surface area contributed by atoms with Gasteiger partial charge in [0.25, 0.3) is 0 Å². The quantitative estimate of drug-likeness (QED) is 0.507. The second-order valence-corrected chi connectivity index (χ2v) is 4.96. The highest BCUT2D eigenvalue weighted by Crippen LogP contribution is 2.24. The van der Waals surface area contributed by atoms with Crippen LogP contribution in [0, 0.1) is 0 Å². The van der Waals surface area contributed by atoms with E-state index in [0.29, 0.717) is 23.7 Å². The molecule has 0 saturated carbocycles. The molecule has 0 radical (unpaired) electrons. The van der Waals surface area contributed by atoms with E-state index in [-0.39, 0.29) is 12.5 Å². The minimum Gasteiger partial charge on any atom is -0.372 e. The average molecular weight is 315 g/mol. The number of rotatable bonds is 7. The van der Waals surface area contributed by atoms with Crippen molar-refractivity contribution in [2.45, 2.75) is 24.9 Å². The fourth-order valence-electron chi connectivity index (χ4n) is 1.69. The van der Waals surface area contributed by atoms with Crippen molar-refractivity contribution in [2.75, 3.05) is 19.1 Å². The lowest BCUT2D eigenvalue weighted by atomic mass is 9.96. The van der Waals surface area contributed by atoms with Gasteiger partial charge in [-0.2, -0.15) is 13.2 Å². The molecule has 0 fully saturated rings. The van der Waals surface area contributed by atoms with Gasteiger partial charge >= 0.3 is 6.18 Å². The molecule has 1 nitrogen and oxygen atoms in total. The van der Waals surface area contributed by atoms with Crippen molar-refractivity contribution in [1.29, 1.82) is 0 Å². The molecule has 1 rings (SSSR count). The maximum atomic E-state index is 11.9. The van der Waals surface area contributed by atoms with Crippen LogP contribution in [-0.2, 0) is 4.74 Å². The molecular formula is C13H15Cl2F3O. The normalized spacial score (nSPS) is 13.5. The highest BCUT2D eigenvalue weighted by atomic mass is 35.5. The number of hydrogen-bond donors (Lipinski definition) is 0. The first-order chi connectivity index (χ1) is 8.92. The topological polar surface area (TPSA) is 9.23 Å². The Balaban J connectivity index is 2.31. The molecule has 0 aliphatic carbocycles. The molecule has 108 valence electrons. The van der Waals surface area contributed by atoms with Crippen LogP contribution in [0.25, 0.3) is 0 Å². The predicted molar refractivity (Wildman–Crippen MR) is 71.0 cm³/mol. The summed E-state index contributed by atoms with van der Waals surface area (Å²) in [6.45, 7) is -1.11. The molecule has 0 spiro atoms. The third kappa shape index (κ3) is 7.04. The maximum Gasteiger partial charge on any atom is 0.411 e. The maximum absolute atomic E-state index is 11.9. The van der Waals surface area contributed by atoms with Crippen LogP contribution in [-0.4, -0.2) is 25.3 Å². The van der Waals surface area contributed by atoms with Crippen LogP contribution < -0.4 is 0 Å². The zero-order chi connectivity index (χ0) is 14.3. The highest BCUT2D eigenvalue weighted by Gasteiger charge is 2.27. The third-order valence-corrected chi connectivity index (χ3v) is 3.26. The molecule has 0 aliphatic rings. The van der Waals surface area contributed by atoms with E-state index in [4.69, 9.17) is 23.2 Å². The SMILES string of the molecule is FC(F)(F)COCCCC(CCl)c1ccc(Cl)cc1. The van der Waals surface area contributed by atoms with Crippen molar-refractivity contribution in [2.24, 2.45) is 0 Å². The van der Waals surface area contributed by atoms with Crippen LogP contribution >= 0.6 is 23.2 Å². The Morgan fingerprint density at radius 1 is 1.16 bits per heavy atom. The summed E-state index contributed by atoms with van der Waals surface area (Å²) >= 11 is 11.7. The minimum absolute atomic E-state index is 0.0838. The lowest BCUT2D eigenvalue weighted by molar-refractivity contribution is -0.174. The lowest BCUT2D eigenvalue weighted by Gasteiger charge is -2.14. The first-order valence-corrected chi connectivity index (χ1v) is 6.79. The van der Waals surface area contributed by atoms with Gasteiger partial charge in [0.2, 0.25) is 0 Å². The van der Waals surface area contributed by atoms with E-state index in [1.54, 1.807) is 12.1 Å². The van der Waals surface area contributed by atoms with Gasteiger partial charge in [0, 0.05) is 17.5 Å². The van der Waals surface area contributed by atoms with Crippen LogP contribution in [0.2, 0.25) is 5.02 Å². The first-order valence-electron chi connectivity index (χ1n) is 5.88. The number of halogens is 5. The van der Waals surface area contributed by atoms with Gasteiger partial charge in [-0.15, -0.1) is 11.6 Å². The summed E-state index contributed by atoms with van der Waals surface area (Å²) in [4.78, 5) is 0. The minimum atomic E-state index is -4.26. The van der Waals surface area contributed by atoms with Crippen molar-refractivity contribution < 1.29 is 17.9 Å². The van der Waals surface area contributed by atoms with E-state index in [0.717, 1.165) is 5.56 Å². The molecule has 1 aromatic carbocycles. The first kappa shape index (κ1) is 16.6. The molecule has 1 atom stereocenters. The van der Waals surface area contributed by atoms with E-state index >= 15 is 0 Å². The van der Waals surface area contributed by atoms with Gasteiger partial charge in [-0.1, -0.05) is 23.7 Å². The zero-order valence-corrected chi connectivity index (χ0v) is 11.7. The fourth-order valence-corrected chi connectivity index (χ4v) is 2.15. The summed E-state index contributed by atoms with van der Waals surface area (Å²) in [6, 6.07) is 7.31. The molecule has 0 saturated heterocycles. The van der Waals surface area contributed by atoms with Gasteiger partial charge in [-0.3, -0.25) is 0 Å². The summed E-state index contributed by atoms with van der Waals surface area (Å²) in [5, 5.41) is 0.644. The Morgan fingerprint density at radius 2 is 1.79 bits per heavy atom. The Kier molecular flexibility index (Phi) is 6.97. The largest absolute Gasteiger partial charge is 0.411 e. The van der Waals surface area contributed by atoms with E-state index in [2.05, 4.69) is 4.74 Å². The van der Waals surface area contributed by atoms with Crippen LogP contribution in [0.4, 0.5) is 13.2 Å². The Bertz CT molecular complexity index is 365. The molecule has 1 unspecified atom stereocenters. The van der Waals surface area contributed by atoms with Crippen LogP contribution in [0.5, 0.6) is 0 Å². The van der Waals surface area contributed by atoms with E-state index in [9.17, 15) is 13.2 Å². The molecule has 0 aliphatic heterocycles. The summed E-state index contributed by atoms with van der Waals surface area (Å²) in [5.41, 5.74) is 1.04. The monoisotopic (exact) mass is 314 g/mol. The van der Waals surface area contributed by atoms with Crippen molar-refractivity contribution >= 4 is 23.2 Å². The zero-order valence-electron chi connectivity index (χ0n) is 10.2. The standard InChI is InChI=1S/C13H15Cl2F3O/c14-8-11(10-3-5-12(15)6-4-10)2-1-7-19-9-13(16,17)18/h3-6,11H,1-2,7-9H2. The van der Waals surface area contributed by atoms with Gasteiger partial charge in [-0.25, -0.2) is 0 Å². The third-order valence-electron chi connectivity index (χ3n) is 2.63. The molecule has 6 heteroatoms. The summed E-state index contributed by atoms with van der Waals surface area (Å²) in [5.74, 6) is 0.523. The molecule has 0 N–H and O–H groups in total. The van der Waals surface area contributed by atoms with E-state index < -0.39 is 12.8 Å². The number of benzene rings is 1. The van der Waals surface area contributed by atoms with Crippen molar-refractivity contribution in [1.82, 2.24) is 0 Å². The van der Waals surface area contributed by atoms with Gasteiger partial charge in [0.15, 0.2) is 0 Å². The second-order valence-electron chi connectivity index (χ2n) is 4.21. The van der Waals surface area contributed by atoms with Crippen molar-refractivity contribution in [3.8, 4) is 0 Å². The molecular weight excluding hydrogens is 300 g/mol. The Hall–Kier alpha value is -0.450. The van der Waals surface area contributed by atoms with Crippen molar-refractivity contribution in [3.63, 3.8) is 0 Å².